The number of aliphatic imine (C=N–C) groups is 1. The van der Waals surface area contributed by atoms with Crippen LogP contribution in [0.3, 0.4) is 0 Å². The number of nitrogens with zero attached hydrogens (tertiary/aromatic N) is 5. The third kappa shape index (κ3) is 4.59. The summed E-state index contributed by atoms with van der Waals surface area (Å²) >= 11 is 1.86. The number of rotatable bonds is 6. The molecule has 29 heavy (non-hydrogen) atoms. The fraction of sp³-hybridized carbons (Fsp3) is 0.476. The summed E-state index contributed by atoms with van der Waals surface area (Å²) in [5, 5.41) is 17.6. The SMILES string of the molecule is CN=C(NCCc1nnc2ccccn12)NCC1CCCN(C)C1c1cccs1. The van der Waals surface area contributed by atoms with Gasteiger partial charge >= 0.3 is 0 Å². The van der Waals surface area contributed by atoms with Gasteiger partial charge in [-0.15, -0.1) is 21.5 Å². The molecule has 7 nitrogen and oxygen atoms in total. The van der Waals surface area contributed by atoms with Crippen LogP contribution in [0.4, 0.5) is 0 Å². The third-order valence-electron chi connectivity index (χ3n) is 5.62. The van der Waals surface area contributed by atoms with Crippen LogP contribution in [-0.4, -0.2) is 59.2 Å². The first kappa shape index (κ1) is 19.8. The van der Waals surface area contributed by atoms with Crippen molar-refractivity contribution in [1.82, 2.24) is 30.1 Å². The Bertz CT molecular complexity index is 934. The number of nitrogens with one attached hydrogen (secondary N) is 2. The van der Waals surface area contributed by atoms with Gasteiger partial charge in [0.1, 0.15) is 5.82 Å². The van der Waals surface area contributed by atoms with Gasteiger partial charge in [0.2, 0.25) is 0 Å². The summed E-state index contributed by atoms with van der Waals surface area (Å²) in [4.78, 5) is 8.35. The molecule has 2 atom stereocenters. The minimum absolute atomic E-state index is 0.483. The summed E-state index contributed by atoms with van der Waals surface area (Å²) in [6, 6.07) is 10.8. The van der Waals surface area contributed by atoms with E-state index in [1.807, 2.05) is 47.2 Å². The molecule has 1 aliphatic rings. The highest BCUT2D eigenvalue weighted by Gasteiger charge is 2.31. The predicted octanol–water partition coefficient (Wildman–Crippen LogP) is 2.58. The zero-order valence-electron chi connectivity index (χ0n) is 17.1. The first-order valence-corrected chi connectivity index (χ1v) is 11.1. The Kier molecular flexibility index (Phi) is 6.41. The standard InChI is InChI=1S/C21H29N7S/c1-22-21(23-11-10-19-26-25-18-9-3-4-13-28(18)19)24-15-16-7-5-12-27(2)20(16)17-8-6-14-29-17/h3-4,6,8-9,13-14,16,20H,5,7,10-12,15H2,1-2H3,(H2,22,23,24). The molecule has 3 aromatic heterocycles. The summed E-state index contributed by atoms with van der Waals surface area (Å²) in [6.07, 6.45) is 5.28. The van der Waals surface area contributed by atoms with Crippen molar-refractivity contribution in [1.29, 1.82) is 0 Å². The van der Waals surface area contributed by atoms with Crippen molar-refractivity contribution in [2.24, 2.45) is 10.9 Å². The van der Waals surface area contributed by atoms with Crippen LogP contribution >= 0.6 is 11.3 Å². The molecule has 2 N–H and O–H groups in total. The molecule has 0 aromatic carbocycles. The normalized spacial score (nSPS) is 20.8. The molecule has 4 rings (SSSR count). The zero-order valence-corrected chi connectivity index (χ0v) is 17.9. The summed E-state index contributed by atoms with van der Waals surface area (Å²) in [6.45, 7) is 2.84. The van der Waals surface area contributed by atoms with E-state index < -0.39 is 0 Å². The minimum Gasteiger partial charge on any atom is -0.356 e. The second kappa shape index (κ2) is 9.37. The van der Waals surface area contributed by atoms with E-state index in [9.17, 15) is 0 Å². The lowest BCUT2D eigenvalue weighted by Crippen LogP contribution is -2.45. The monoisotopic (exact) mass is 411 g/mol. The van der Waals surface area contributed by atoms with E-state index in [4.69, 9.17) is 0 Å². The van der Waals surface area contributed by atoms with Crippen molar-refractivity contribution in [2.75, 3.05) is 33.7 Å². The quantitative estimate of drug-likeness (QED) is 0.482. The Morgan fingerprint density at radius 3 is 3.00 bits per heavy atom. The molecule has 0 saturated carbocycles. The van der Waals surface area contributed by atoms with Crippen molar-refractivity contribution in [2.45, 2.75) is 25.3 Å². The number of fused-ring (bicyclic) bond motifs is 1. The van der Waals surface area contributed by atoms with Crippen molar-refractivity contribution in [3.8, 4) is 0 Å². The van der Waals surface area contributed by atoms with Gasteiger partial charge in [-0.1, -0.05) is 12.1 Å². The van der Waals surface area contributed by atoms with Gasteiger partial charge in [-0.05, 0) is 55.9 Å². The van der Waals surface area contributed by atoms with Gasteiger partial charge in [-0.25, -0.2) is 0 Å². The predicted molar refractivity (Wildman–Crippen MR) is 118 cm³/mol. The van der Waals surface area contributed by atoms with Crippen molar-refractivity contribution in [3.63, 3.8) is 0 Å². The Hall–Kier alpha value is -2.45. The molecule has 1 aliphatic heterocycles. The minimum atomic E-state index is 0.483. The zero-order chi connectivity index (χ0) is 20.1. The molecule has 0 aliphatic carbocycles. The molecule has 1 fully saturated rings. The highest BCUT2D eigenvalue weighted by atomic mass is 32.1. The van der Waals surface area contributed by atoms with Crippen LogP contribution in [0, 0.1) is 5.92 Å². The van der Waals surface area contributed by atoms with Crippen LogP contribution in [-0.2, 0) is 6.42 Å². The molecule has 0 spiro atoms. The smallest absolute Gasteiger partial charge is 0.191 e. The first-order valence-electron chi connectivity index (χ1n) is 10.2. The Morgan fingerprint density at radius 1 is 1.24 bits per heavy atom. The highest BCUT2D eigenvalue weighted by Crippen LogP contribution is 2.36. The molecule has 0 radical (unpaired) electrons. The van der Waals surface area contributed by atoms with Gasteiger partial charge in [-0.3, -0.25) is 14.3 Å². The number of guanidine groups is 1. The largest absolute Gasteiger partial charge is 0.356 e. The fourth-order valence-electron chi connectivity index (χ4n) is 4.18. The molecule has 8 heteroatoms. The number of pyridine rings is 1. The van der Waals surface area contributed by atoms with Crippen LogP contribution in [0.5, 0.6) is 0 Å². The number of likely N-dealkylation sites (tertiary alicyclic amines) is 1. The Labute approximate surface area is 175 Å². The van der Waals surface area contributed by atoms with Crippen molar-refractivity contribution in [3.05, 3.63) is 52.6 Å². The van der Waals surface area contributed by atoms with Gasteiger partial charge in [0.25, 0.3) is 0 Å². The van der Waals surface area contributed by atoms with Crippen LogP contribution < -0.4 is 10.6 Å². The molecule has 3 aromatic rings. The van der Waals surface area contributed by atoms with E-state index in [0.29, 0.717) is 12.0 Å². The van der Waals surface area contributed by atoms with Gasteiger partial charge in [0.15, 0.2) is 11.6 Å². The number of aromatic nitrogens is 3. The van der Waals surface area contributed by atoms with E-state index in [0.717, 1.165) is 36.9 Å². The van der Waals surface area contributed by atoms with E-state index >= 15 is 0 Å². The lowest BCUT2D eigenvalue weighted by atomic mass is 9.88. The maximum Gasteiger partial charge on any atom is 0.191 e. The van der Waals surface area contributed by atoms with Crippen molar-refractivity contribution >= 4 is 22.9 Å². The average molecular weight is 412 g/mol. The molecule has 0 amide bonds. The summed E-state index contributed by atoms with van der Waals surface area (Å²) < 4.78 is 2.03. The second-order valence-electron chi connectivity index (χ2n) is 7.52. The number of piperidine rings is 1. The number of hydrogen-bond donors (Lipinski definition) is 2. The Balaban J connectivity index is 1.31. The maximum atomic E-state index is 4.40. The van der Waals surface area contributed by atoms with Crippen LogP contribution in [0.1, 0.15) is 29.6 Å². The average Bonchev–Trinajstić information content (AvgIpc) is 3.41. The van der Waals surface area contributed by atoms with Crippen LogP contribution in [0.25, 0.3) is 5.65 Å². The molecular formula is C21H29N7S. The van der Waals surface area contributed by atoms with Gasteiger partial charge in [0, 0.05) is 43.7 Å². The van der Waals surface area contributed by atoms with E-state index in [-0.39, 0.29) is 0 Å². The van der Waals surface area contributed by atoms with Crippen molar-refractivity contribution < 1.29 is 0 Å². The lowest BCUT2D eigenvalue weighted by Gasteiger charge is -2.39. The number of thiophene rings is 1. The summed E-state index contributed by atoms with van der Waals surface area (Å²) in [5.74, 6) is 2.37. The van der Waals surface area contributed by atoms with Gasteiger partial charge in [0.05, 0.1) is 0 Å². The molecule has 4 heterocycles. The highest BCUT2D eigenvalue weighted by molar-refractivity contribution is 7.10. The van der Waals surface area contributed by atoms with Crippen LogP contribution in [0.2, 0.25) is 0 Å². The second-order valence-corrected chi connectivity index (χ2v) is 8.50. The molecular weight excluding hydrogens is 382 g/mol. The molecule has 0 bridgehead atoms. The van der Waals surface area contributed by atoms with Gasteiger partial charge < -0.3 is 10.6 Å². The van der Waals surface area contributed by atoms with E-state index in [1.54, 1.807) is 0 Å². The van der Waals surface area contributed by atoms with E-state index in [1.165, 1.54) is 24.3 Å². The van der Waals surface area contributed by atoms with Gasteiger partial charge in [-0.2, -0.15) is 0 Å². The summed E-state index contributed by atoms with van der Waals surface area (Å²) in [7, 11) is 4.07. The molecule has 154 valence electrons. The Morgan fingerprint density at radius 2 is 2.17 bits per heavy atom. The topological polar surface area (TPSA) is 69.8 Å². The van der Waals surface area contributed by atoms with Crippen LogP contribution in [0.15, 0.2) is 46.9 Å². The molecule has 1 saturated heterocycles. The lowest BCUT2D eigenvalue weighted by molar-refractivity contribution is 0.125. The summed E-state index contributed by atoms with van der Waals surface area (Å²) in [5.41, 5.74) is 0.881. The van der Waals surface area contributed by atoms with E-state index in [2.05, 4.69) is 55.3 Å². The maximum absolute atomic E-state index is 4.40. The first-order chi connectivity index (χ1) is 14.3. The fourth-order valence-corrected chi connectivity index (χ4v) is 5.17. The number of hydrogen-bond acceptors (Lipinski definition) is 5. The molecule has 2 unspecified atom stereocenters. The third-order valence-corrected chi connectivity index (χ3v) is 6.57.